The number of aldehydes is 1. The second-order valence-electron chi connectivity index (χ2n) is 2.37. The zero-order valence-corrected chi connectivity index (χ0v) is 6.86. The van der Waals surface area contributed by atoms with Crippen LogP contribution >= 0.6 is 0 Å². The summed E-state index contributed by atoms with van der Waals surface area (Å²) in [5.41, 5.74) is 0.639. The number of allylic oxidation sites excluding steroid dienone is 2. The van der Waals surface area contributed by atoms with Gasteiger partial charge in [-0.15, -0.1) is 0 Å². The summed E-state index contributed by atoms with van der Waals surface area (Å²) in [7, 11) is 0. The van der Waals surface area contributed by atoms with Crippen molar-refractivity contribution in [2.75, 3.05) is 26.4 Å². The van der Waals surface area contributed by atoms with Crippen LogP contribution < -0.4 is 0 Å². The standard InChI is InChI=1S/C9H12O3/c10-8-9-2-1-4-11-6-7-12-5-3-9/h1-3,8H,4-7H2. The third kappa shape index (κ3) is 3.46. The van der Waals surface area contributed by atoms with Gasteiger partial charge in [0.25, 0.3) is 0 Å². The fraction of sp³-hybridized carbons (Fsp3) is 0.444. The number of rotatable bonds is 1. The summed E-state index contributed by atoms with van der Waals surface area (Å²) in [5.74, 6) is 0. The zero-order chi connectivity index (χ0) is 8.65. The molecule has 0 fully saturated rings. The summed E-state index contributed by atoms with van der Waals surface area (Å²) in [6, 6.07) is 0. The van der Waals surface area contributed by atoms with E-state index in [1.807, 2.05) is 6.08 Å². The van der Waals surface area contributed by atoms with Crippen LogP contribution in [-0.2, 0) is 14.3 Å². The summed E-state index contributed by atoms with van der Waals surface area (Å²) < 4.78 is 10.3. The molecule has 0 saturated heterocycles. The van der Waals surface area contributed by atoms with Crippen LogP contribution in [0.1, 0.15) is 0 Å². The van der Waals surface area contributed by atoms with Crippen LogP contribution in [0, 0.1) is 0 Å². The van der Waals surface area contributed by atoms with Gasteiger partial charge >= 0.3 is 0 Å². The van der Waals surface area contributed by atoms with E-state index < -0.39 is 0 Å². The van der Waals surface area contributed by atoms with Crippen LogP contribution in [0.25, 0.3) is 0 Å². The maximum atomic E-state index is 10.4. The number of hydrogen-bond donors (Lipinski definition) is 0. The van der Waals surface area contributed by atoms with E-state index >= 15 is 0 Å². The van der Waals surface area contributed by atoms with Gasteiger partial charge in [-0.25, -0.2) is 0 Å². The first-order valence-electron chi connectivity index (χ1n) is 3.91. The van der Waals surface area contributed by atoms with Gasteiger partial charge in [0, 0.05) is 5.57 Å². The molecule has 0 unspecified atom stereocenters. The molecule has 1 rings (SSSR count). The van der Waals surface area contributed by atoms with Gasteiger partial charge in [-0.05, 0) is 6.08 Å². The lowest BCUT2D eigenvalue weighted by Gasteiger charge is -2.03. The van der Waals surface area contributed by atoms with Crippen LogP contribution in [0.15, 0.2) is 23.8 Å². The van der Waals surface area contributed by atoms with Crippen molar-refractivity contribution >= 4 is 6.29 Å². The van der Waals surface area contributed by atoms with Gasteiger partial charge in [0.15, 0.2) is 0 Å². The highest BCUT2D eigenvalue weighted by Gasteiger charge is 1.92. The molecule has 0 bridgehead atoms. The Labute approximate surface area is 71.7 Å². The minimum atomic E-state index is 0.474. The molecule has 0 radical (unpaired) electrons. The first kappa shape index (κ1) is 9.16. The average Bonchev–Trinajstić information content (AvgIpc) is 2.14. The van der Waals surface area contributed by atoms with E-state index in [9.17, 15) is 4.79 Å². The van der Waals surface area contributed by atoms with E-state index in [-0.39, 0.29) is 0 Å². The first-order valence-corrected chi connectivity index (χ1v) is 3.91. The molecule has 0 amide bonds. The van der Waals surface area contributed by atoms with Crippen LogP contribution in [0.2, 0.25) is 0 Å². The molecule has 0 aromatic heterocycles. The van der Waals surface area contributed by atoms with Gasteiger partial charge in [-0.2, -0.15) is 0 Å². The zero-order valence-electron chi connectivity index (χ0n) is 6.86. The molecule has 0 aliphatic carbocycles. The lowest BCUT2D eigenvalue weighted by atomic mass is 10.2. The van der Waals surface area contributed by atoms with E-state index in [0.29, 0.717) is 32.0 Å². The van der Waals surface area contributed by atoms with Crippen molar-refractivity contribution in [1.82, 2.24) is 0 Å². The van der Waals surface area contributed by atoms with Gasteiger partial charge in [-0.1, -0.05) is 12.2 Å². The Morgan fingerprint density at radius 2 is 2.00 bits per heavy atom. The van der Waals surface area contributed by atoms with Gasteiger partial charge < -0.3 is 9.47 Å². The van der Waals surface area contributed by atoms with E-state index in [1.54, 1.807) is 12.2 Å². The molecule has 66 valence electrons. The first-order chi connectivity index (χ1) is 5.93. The third-order valence-electron chi connectivity index (χ3n) is 1.47. The van der Waals surface area contributed by atoms with Crippen LogP contribution in [0.4, 0.5) is 0 Å². The molecule has 0 saturated carbocycles. The lowest BCUT2D eigenvalue weighted by molar-refractivity contribution is -0.104. The Hall–Kier alpha value is -0.930. The van der Waals surface area contributed by atoms with Crippen molar-refractivity contribution in [2.45, 2.75) is 0 Å². The highest BCUT2D eigenvalue weighted by molar-refractivity contribution is 5.77. The van der Waals surface area contributed by atoms with Gasteiger partial charge in [-0.3, -0.25) is 4.79 Å². The fourth-order valence-corrected chi connectivity index (χ4v) is 0.847. The molecule has 0 N–H and O–H groups in total. The monoisotopic (exact) mass is 168 g/mol. The topological polar surface area (TPSA) is 35.5 Å². The van der Waals surface area contributed by atoms with Gasteiger partial charge in [0.2, 0.25) is 0 Å². The number of carbonyl (C=O) groups is 1. The molecular weight excluding hydrogens is 156 g/mol. The number of carbonyl (C=O) groups excluding carboxylic acids is 1. The molecular formula is C9H12O3. The minimum absolute atomic E-state index is 0.474. The van der Waals surface area contributed by atoms with E-state index in [1.165, 1.54) is 0 Å². The Balaban J connectivity index is 2.51. The van der Waals surface area contributed by atoms with Crippen molar-refractivity contribution < 1.29 is 14.3 Å². The molecule has 3 heteroatoms. The number of ether oxygens (including phenoxy) is 2. The molecule has 0 aromatic rings. The largest absolute Gasteiger partial charge is 0.375 e. The van der Waals surface area contributed by atoms with Gasteiger partial charge in [0.05, 0.1) is 26.4 Å². The van der Waals surface area contributed by atoms with Crippen LogP contribution in [-0.4, -0.2) is 32.7 Å². The van der Waals surface area contributed by atoms with Crippen molar-refractivity contribution in [3.05, 3.63) is 23.8 Å². The second-order valence-corrected chi connectivity index (χ2v) is 2.37. The predicted molar refractivity (Wildman–Crippen MR) is 44.9 cm³/mol. The summed E-state index contributed by atoms with van der Waals surface area (Å²) in [6.45, 7) is 2.20. The lowest BCUT2D eigenvalue weighted by Crippen LogP contribution is -2.05. The third-order valence-corrected chi connectivity index (χ3v) is 1.47. The Morgan fingerprint density at radius 1 is 1.25 bits per heavy atom. The fourth-order valence-electron chi connectivity index (χ4n) is 0.847. The van der Waals surface area contributed by atoms with Crippen molar-refractivity contribution in [2.24, 2.45) is 0 Å². The molecule has 1 aliphatic rings. The highest BCUT2D eigenvalue weighted by atomic mass is 16.5. The second kappa shape index (κ2) is 5.69. The molecule has 1 heterocycles. The predicted octanol–water partition coefficient (Wildman–Crippen LogP) is 0.715. The summed E-state index contributed by atoms with van der Waals surface area (Å²) >= 11 is 0. The average molecular weight is 168 g/mol. The molecule has 12 heavy (non-hydrogen) atoms. The minimum Gasteiger partial charge on any atom is -0.375 e. The smallest absolute Gasteiger partial charge is 0.149 e. The maximum Gasteiger partial charge on any atom is 0.149 e. The normalized spacial score (nSPS) is 19.8. The Morgan fingerprint density at radius 3 is 2.75 bits per heavy atom. The highest BCUT2D eigenvalue weighted by Crippen LogP contribution is 1.95. The van der Waals surface area contributed by atoms with Crippen LogP contribution in [0.3, 0.4) is 0 Å². The maximum absolute atomic E-state index is 10.4. The van der Waals surface area contributed by atoms with E-state index in [4.69, 9.17) is 9.47 Å². The molecule has 0 aromatic carbocycles. The molecule has 0 atom stereocenters. The SMILES string of the molecule is O=CC1=CCOCCOCC=C1. The van der Waals surface area contributed by atoms with Crippen molar-refractivity contribution in [1.29, 1.82) is 0 Å². The molecule has 3 nitrogen and oxygen atoms in total. The van der Waals surface area contributed by atoms with E-state index in [0.717, 1.165) is 6.29 Å². The summed E-state index contributed by atoms with van der Waals surface area (Å²) in [4.78, 5) is 10.4. The van der Waals surface area contributed by atoms with Crippen molar-refractivity contribution in [3.8, 4) is 0 Å². The summed E-state index contributed by atoms with van der Waals surface area (Å²) in [5, 5.41) is 0. The van der Waals surface area contributed by atoms with E-state index in [2.05, 4.69) is 0 Å². The van der Waals surface area contributed by atoms with Crippen LogP contribution in [0.5, 0.6) is 0 Å². The van der Waals surface area contributed by atoms with Crippen molar-refractivity contribution in [3.63, 3.8) is 0 Å². The molecule has 1 aliphatic heterocycles. The Kier molecular flexibility index (Phi) is 4.34. The van der Waals surface area contributed by atoms with Gasteiger partial charge in [0.1, 0.15) is 6.29 Å². The summed E-state index contributed by atoms with van der Waals surface area (Å²) in [6.07, 6.45) is 6.13. The molecule has 0 spiro atoms. The number of hydrogen-bond acceptors (Lipinski definition) is 3. The Bertz CT molecular complexity index is 194. The quantitative estimate of drug-likeness (QED) is 0.541.